The van der Waals surface area contributed by atoms with Crippen molar-refractivity contribution < 1.29 is 0 Å². The molecule has 3 aliphatic rings. The Kier molecular flexibility index (Phi) is 2.50. The van der Waals surface area contributed by atoms with E-state index in [1.54, 1.807) is 0 Å². The summed E-state index contributed by atoms with van der Waals surface area (Å²) in [6.07, 6.45) is 13.6. The molecule has 4 atom stereocenters. The lowest BCUT2D eigenvalue weighted by atomic mass is 9.62. The Morgan fingerprint density at radius 1 is 1.00 bits per heavy atom. The third-order valence-corrected chi connectivity index (χ3v) is 6.71. The zero-order valence-corrected chi connectivity index (χ0v) is 12.3. The van der Waals surface area contributed by atoms with Gasteiger partial charge in [0.2, 0.25) is 0 Å². The molecule has 4 unspecified atom stereocenters. The maximum atomic E-state index is 3.45. The van der Waals surface area contributed by atoms with Crippen molar-refractivity contribution in [2.75, 3.05) is 6.54 Å². The Bertz CT molecular complexity index is 406. The maximum Gasteiger partial charge on any atom is 0.0144 e. The highest BCUT2D eigenvalue weighted by Crippen LogP contribution is 2.71. The van der Waals surface area contributed by atoms with Crippen LogP contribution in [0.15, 0.2) is 24.4 Å². The highest BCUT2D eigenvalue weighted by atomic mass is 14.9. The van der Waals surface area contributed by atoms with E-state index in [9.17, 15) is 0 Å². The SMILES string of the molecule is CC12C=CCCC1C(C)(C)C1(C)C=CNCCC21. The summed E-state index contributed by atoms with van der Waals surface area (Å²) in [5.74, 6) is 1.60. The summed E-state index contributed by atoms with van der Waals surface area (Å²) in [4.78, 5) is 0. The molecule has 1 nitrogen and oxygen atoms in total. The molecule has 2 aliphatic carbocycles. The third kappa shape index (κ3) is 1.28. The Morgan fingerprint density at radius 3 is 2.56 bits per heavy atom. The van der Waals surface area contributed by atoms with E-state index in [0.717, 1.165) is 18.4 Å². The first-order valence-corrected chi connectivity index (χ1v) is 7.52. The second-order valence-corrected chi connectivity index (χ2v) is 7.53. The first-order valence-electron chi connectivity index (χ1n) is 7.52. The molecule has 18 heavy (non-hydrogen) atoms. The lowest BCUT2D eigenvalue weighted by Crippen LogP contribution is -2.35. The summed E-state index contributed by atoms with van der Waals surface area (Å²) in [5.41, 5.74) is 1.11. The first-order chi connectivity index (χ1) is 8.43. The molecule has 0 radical (unpaired) electrons. The fourth-order valence-electron chi connectivity index (χ4n) is 5.48. The van der Waals surface area contributed by atoms with Crippen molar-refractivity contribution in [2.45, 2.75) is 47.0 Å². The van der Waals surface area contributed by atoms with E-state index in [2.05, 4.69) is 57.4 Å². The van der Waals surface area contributed by atoms with Crippen LogP contribution in [-0.4, -0.2) is 6.54 Å². The molecule has 1 aliphatic heterocycles. The molecule has 1 saturated carbocycles. The van der Waals surface area contributed by atoms with Crippen molar-refractivity contribution in [1.29, 1.82) is 0 Å². The van der Waals surface area contributed by atoms with Gasteiger partial charge in [-0.2, -0.15) is 0 Å². The van der Waals surface area contributed by atoms with Crippen molar-refractivity contribution in [1.82, 2.24) is 5.32 Å². The smallest absolute Gasteiger partial charge is 0.0144 e. The molecule has 0 aromatic carbocycles. The van der Waals surface area contributed by atoms with Gasteiger partial charge in [0.25, 0.3) is 0 Å². The number of fused-ring (bicyclic) bond motifs is 3. The van der Waals surface area contributed by atoms with E-state index in [4.69, 9.17) is 0 Å². The van der Waals surface area contributed by atoms with E-state index in [-0.39, 0.29) is 0 Å². The van der Waals surface area contributed by atoms with E-state index >= 15 is 0 Å². The van der Waals surface area contributed by atoms with E-state index < -0.39 is 0 Å². The van der Waals surface area contributed by atoms with Crippen molar-refractivity contribution in [2.24, 2.45) is 28.1 Å². The zero-order valence-electron chi connectivity index (χ0n) is 12.3. The normalized spacial score (nSPS) is 49.1. The standard InChI is InChI=1S/C17H27N/c1-15(2)13-7-5-6-9-16(13,3)14-8-11-18-12-10-17(14,15)4/h6,9-10,12-14,18H,5,7-8,11H2,1-4H3. The van der Waals surface area contributed by atoms with Crippen LogP contribution >= 0.6 is 0 Å². The van der Waals surface area contributed by atoms with Crippen LogP contribution in [0.25, 0.3) is 0 Å². The second kappa shape index (κ2) is 3.65. The van der Waals surface area contributed by atoms with Crippen LogP contribution in [0.5, 0.6) is 0 Å². The van der Waals surface area contributed by atoms with Crippen LogP contribution in [0, 0.1) is 28.1 Å². The summed E-state index contributed by atoms with van der Waals surface area (Å²) < 4.78 is 0. The second-order valence-electron chi connectivity index (χ2n) is 7.53. The Hall–Kier alpha value is -0.720. The average molecular weight is 245 g/mol. The number of rotatable bonds is 0. The predicted molar refractivity (Wildman–Crippen MR) is 77.1 cm³/mol. The van der Waals surface area contributed by atoms with Gasteiger partial charge in [-0.25, -0.2) is 0 Å². The maximum absolute atomic E-state index is 3.45. The van der Waals surface area contributed by atoms with Gasteiger partial charge in [0, 0.05) is 6.54 Å². The van der Waals surface area contributed by atoms with Gasteiger partial charge in [0.1, 0.15) is 0 Å². The summed E-state index contributed by atoms with van der Waals surface area (Å²) in [6.45, 7) is 11.2. The van der Waals surface area contributed by atoms with Gasteiger partial charge in [-0.05, 0) is 53.5 Å². The van der Waals surface area contributed by atoms with Gasteiger partial charge in [-0.15, -0.1) is 0 Å². The molecule has 0 amide bonds. The van der Waals surface area contributed by atoms with Gasteiger partial charge in [0.05, 0.1) is 0 Å². The monoisotopic (exact) mass is 245 g/mol. The molecule has 1 heterocycles. The van der Waals surface area contributed by atoms with Crippen LogP contribution in [-0.2, 0) is 0 Å². The van der Waals surface area contributed by atoms with Gasteiger partial charge in [0.15, 0.2) is 0 Å². The largest absolute Gasteiger partial charge is 0.391 e. The van der Waals surface area contributed by atoms with Gasteiger partial charge < -0.3 is 5.32 Å². The number of nitrogens with one attached hydrogen (secondary N) is 1. The summed E-state index contributed by atoms with van der Waals surface area (Å²) in [5, 5.41) is 3.45. The van der Waals surface area contributed by atoms with Crippen molar-refractivity contribution >= 4 is 0 Å². The molecule has 0 aromatic heterocycles. The van der Waals surface area contributed by atoms with E-state index in [1.807, 2.05) is 0 Å². The molecule has 0 bridgehead atoms. The molecule has 1 heteroatoms. The molecule has 100 valence electrons. The van der Waals surface area contributed by atoms with Crippen LogP contribution in [0.1, 0.15) is 47.0 Å². The number of hydrogen-bond donors (Lipinski definition) is 1. The zero-order chi connectivity index (χ0) is 13.0. The van der Waals surface area contributed by atoms with Crippen molar-refractivity contribution in [3.63, 3.8) is 0 Å². The van der Waals surface area contributed by atoms with Crippen molar-refractivity contribution in [3.05, 3.63) is 24.4 Å². The molecular weight excluding hydrogens is 218 g/mol. The quantitative estimate of drug-likeness (QED) is 0.633. The van der Waals surface area contributed by atoms with Crippen LogP contribution in [0.2, 0.25) is 0 Å². The fourth-order valence-corrected chi connectivity index (χ4v) is 5.48. The predicted octanol–water partition coefficient (Wildman–Crippen LogP) is 4.13. The Labute approximate surface area is 112 Å². The lowest BCUT2D eigenvalue weighted by Gasteiger charge is -2.42. The number of allylic oxidation sites excluding steroid dienone is 3. The Balaban J connectivity index is 2.16. The first kappa shape index (κ1) is 12.3. The van der Waals surface area contributed by atoms with Crippen LogP contribution < -0.4 is 5.32 Å². The summed E-state index contributed by atoms with van der Waals surface area (Å²) in [6, 6.07) is 0. The molecule has 1 fully saturated rings. The Morgan fingerprint density at radius 2 is 1.78 bits per heavy atom. The summed E-state index contributed by atoms with van der Waals surface area (Å²) in [7, 11) is 0. The summed E-state index contributed by atoms with van der Waals surface area (Å²) >= 11 is 0. The fraction of sp³-hybridized carbons (Fsp3) is 0.765. The molecule has 3 rings (SSSR count). The minimum Gasteiger partial charge on any atom is -0.391 e. The van der Waals surface area contributed by atoms with Gasteiger partial charge >= 0.3 is 0 Å². The molecule has 0 aromatic rings. The molecule has 0 saturated heterocycles. The minimum absolute atomic E-state index is 0.324. The molecule has 0 spiro atoms. The average Bonchev–Trinajstić information content (AvgIpc) is 2.49. The van der Waals surface area contributed by atoms with Crippen LogP contribution in [0.3, 0.4) is 0 Å². The molecular formula is C17H27N. The van der Waals surface area contributed by atoms with Gasteiger partial charge in [-0.3, -0.25) is 0 Å². The van der Waals surface area contributed by atoms with E-state index in [0.29, 0.717) is 16.2 Å². The van der Waals surface area contributed by atoms with Gasteiger partial charge in [-0.1, -0.05) is 45.9 Å². The highest BCUT2D eigenvalue weighted by molar-refractivity contribution is 5.26. The number of hydrogen-bond acceptors (Lipinski definition) is 1. The van der Waals surface area contributed by atoms with E-state index in [1.165, 1.54) is 19.3 Å². The highest BCUT2D eigenvalue weighted by Gasteiger charge is 2.65. The topological polar surface area (TPSA) is 12.0 Å². The minimum atomic E-state index is 0.324. The third-order valence-electron chi connectivity index (χ3n) is 6.71. The molecule has 1 N–H and O–H groups in total. The lowest BCUT2D eigenvalue weighted by molar-refractivity contribution is 0.102. The van der Waals surface area contributed by atoms with Crippen molar-refractivity contribution in [3.8, 4) is 0 Å². The van der Waals surface area contributed by atoms with Crippen LogP contribution in [0.4, 0.5) is 0 Å².